The van der Waals surface area contributed by atoms with E-state index in [0.29, 0.717) is 11.1 Å². The Morgan fingerprint density at radius 3 is 2.88 bits per heavy atom. The molecule has 1 atom stereocenters. The first-order valence-electron chi connectivity index (χ1n) is 8.61. The van der Waals surface area contributed by atoms with E-state index in [4.69, 9.17) is 15.6 Å². The summed E-state index contributed by atoms with van der Waals surface area (Å²) in [6.45, 7) is 0.717. The van der Waals surface area contributed by atoms with Crippen molar-refractivity contribution in [1.29, 1.82) is 5.26 Å². The molecule has 0 spiro atoms. The molecule has 1 aliphatic heterocycles. The first-order valence-corrected chi connectivity index (χ1v) is 8.61. The van der Waals surface area contributed by atoms with Crippen molar-refractivity contribution >= 4 is 16.8 Å². The predicted molar refractivity (Wildman–Crippen MR) is 97.2 cm³/mol. The monoisotopic (exact) mass is 346 g/mol. The number of primary amides is 1. The lowest BCUT2D eigenvalue weighted by Crippen LogP contribution is -2.19. The van der Waals surface area contributed by atoms with Gasteiger partial charge in [0.15, 0.2) is 6.23 Å². The zero-order valence-corrected chi connectivity index (χ0v) is 14.2. The Morgan fingerprint density at radius 2 is 2.15 bits per heavy atom. The molecule has 6 nitrogen and oxygen atoms in total. The number of nitrogens with zero attached hydrogens (tertiary/aromatic N) is 3. The highest BCUT2D eigenvalue weighted by Gasteiger charge is 2.22. The summed E-state index contributed by atoms with van der Waals surface area (Å²) in [7, 11) is 0. The van der Waals surface area contributed by atoms with Gasteiger partial charge in [-0.05, 0) is 49.6 Å². The number of fused-ring (bicyclic) bond motifs is 1. The smallest absolute Gasteiger partial charge is 0.248 e. The summed E-state index contributed by atoms with van der Waals surface area (Å²) in [4.78, 5) is 11.5. The van der Waals surface area contributed by atoms with Crippen molar-refractivity contribution in [3.05, 3.63) is 53.6 Å². The standard InChI is InChI=1S/C20H18N4O2/c21-12-13-7-8-17-16(10-13)19(14-4-3-5-15(11-14)20(22)25)23-24(17)18-6-1-2-9-26-18/h3-5,7-8,10-11,18H,1-2,6,9H2,(H2,22,25). The summed E-state index contributed by atoms with van der Waals surface area (Å²) in [5.41, 5.74) is 8.82. The second-order valence-corrected chi connectivity index (χ2v) is 6.40. The minimum absolute atomic E-state index is 0.118. The van der Waals surface area contributed by atoms with Gasteiger partial charge in [0.1, 0.15) is 5.69 Å². The predicted octanol–water partition coefficient (Wildman–Crippen LogP) is 3.37. The van der Waals surface area contributed by atoms with Crippen LogP contribution in [0.1, 0.15) is 41.4 Å². The fourth-order valence-corrected chi connectivity index (χ4v) is 3.38. The number of nitrogens with two attached hydrogens (primary N) is 1. The number of hydrogen-bond donors (Lipinski definition) is 1. The van der Waals surface area contributed by atoms with Crippen LogP contribution in [-0.2, 0) is 4.74 Å². The van der Waals surface area contributed by atoms with E-state index in [1.54, 1.807) is 24.3 Å². The molecule has 1 fully saturated rings. The van der Waals surface area contributed by atoms with Crippen molar-refractivity contribution in [3.8, 4) is 17.3 Å². The van der Waals surface area contributed by atoms with Gasteiger partial charge in [-0.25, -0.2) is 4.68 Å². The van der Waals surface area contributed by atoms with E-state index in [0.717, 1.165) is 48.0 Å². The lowest BCUT2D eigenvalue weighted by atomic mass is 10.0. The first kappa shape index (κ1) is 16.3. The number of benzene rings is 2. The quantitative estimate of drug-likeness (QED) is 0.786. The largest absolute Gasteiger partial charge is 0.366 e. The molecule has 1 aliphatic rings. The van der Waals surface area contributed by atoms with Crippen LogP contribution in [0.2, 0.25) is 0 Å². The molecule has 6 heteroatoms. The van der Waals surface area contributed by atoms with Gasteiger partial charge in [0.2, 0.25) is 5.91 Å². The van der Waals surface area contributed by atoms with E-state index in [1.165, 1.54) is 0 Å². The lowest BCUT2D eigenvalue weighted by Gasteiger charge is -2.23. The fourth-order valence-electron chi connectivity index (χ4n) is 3.38. The van der Waals surface area contributed by atoms with E-state index < -0.39 is 5.91 Å². The van der Waals surface area contributed by atoms with E-state index in [9.17, 15) is 10.1 Å². The molecular formula is C20H18N4O2. The van der Waals surface area contributed by atoms with Gasteiger partial charge < -0.3 is 10.5 Å². The summed E-state index contributed by atoms with van der Waals surface area (Å²) in [6.07, 6.45) is 2.93. The Labute approximate surface area is 150 Å². The Morgan fingerprint density at radius 1 is 1.27 bits per heavy atom. The number of aromatic nitrogens is 2. The van der Waals surface area contributed by atoms with Crippen LogP contribution in [0.5, 0.6) is 0 Å². The molecule has 3 aromatic rings. The summed E-state index contributed by atoms with van der Waals surface area (Å²) < 4.78 is 7.79. The number of hydrogen-bond acceptors (Lipinski definition) is 4. The number of ether oxygens (including phenoxy) is 1. The first-order chi connectivity index (χ1) is 12.7. The van der Waals surface area contributed by atoms with Crippen molar-refractivity contribution in [2.45, 2.75) is 25.5 Å². The summed E-state index contributed by atoms with van der Waals surface area (Å²) >= 11 is 0. The molecule has 2 N–H and O–H groups in total. The topological polar surface area (TPSA) is 93.9 Å². The summed E-state index contributed by atoms with van der Waals surface area (Å²) in [6, 6.07) is 14.8. The molecule has 0 bridgehead atoms. The van der Waals surface area contributed by atoms with Crippen LogP contribution < -0.4 is 5.73 Å². The average Bonchev–Trinajstić information content (AvgIpc) is 3.07. The maximum Gasteiger partial charge on any atom is 0.248 e. The van der Waals surface area contributed by atoms with Gasteiger partial charge in [-0.3, -0.25) is 4.79 Å². The maximum atomic E-state index is 11.5. The highest BCUT2D eigenvalue weighted by atomic mass is 16.5. The fraction of sp³-hybridized carbons (Fsp3) is 0.250. The van der Waals surface area contributed by atoms with Crippen LogP contribution in [0.25, 0.3) is 22.2 Å². The Hall–Kier alpha value is -3.17. The van der Waals surface area contributed by atoms with Gasteiger partial charge >= 0.3 is 0 Å². The Balaban J connectivity index is 1.92. The van der Waals surface area contributed by atoms with Crippen molar-refractivity contribution in [3.63, 3.8) is 0 Å². The van der Waals surface area contributed by atoms with E-state index >= 15 is 0 Å². The zero-order chi connectivity index (χ0) is 18.1. The molecule has 1 aromatic heterocycles. The van der Waals surface area contributed by atoms with Gasteiger partial charge in [0.25, 0.3) is 0 Å². The van der Waals surface area contributed by atoms with Gasteiger partial charge in [0, 0.05) is 23.1 Å². The Kier molecular flexibility index (Phi) is 4.15. The van der Waals surface area contributed by atoms with Crippen LogP contribution >= 0.6 is 0 Å². The van der Waals surface area contributed by atoms with E-state index in [-0.39, 0.29) is 6.23 Å². The summed E-state index contributed by atoms with van der Waals surface area (Å²) in [5, 5.41) is 14.9. The van der Waals surface area contributed by atoms with Crippen molar-refractivity contribution in [2.24, 2.45) is 5.73 Å². The van der Waals surface area contributed by atoms with Gasteiger partial charge in [-0.1, -0.05) is 12.1 Å². The van der Waals surface area contributed by atoms with E-state index in [1.807, 2.05) is 22.9 Å². The number of amides is 1. The maximum absolute atomic E-state index is 11.5. The van der Waals surface area contributed by atoms with Crippen LogP contribution in [0, 0.1) is 11.3 Å². The molecule has 1 amide bonds. The molecular weight excluding hydrogens is 328 g/mol. The minimum Gasteiger partial charge on any atom is -0.366 e. The molecule has 0 radical (unpaired) electrons. The summed E-state index contributed by atoms with van der Waals surface area (Å²) in [5.74, 6) is -0.482. The van der Waals surface area contributed by atoms with E-state index in [2.05, 4.69) is 6.07 Å². The van der Waals surface area contributed by atoms with Gasteiger partial charge in [-0.2, -0.15) is 10.4 Å². The second kappa shape index (κ2) is 6.62. The van der Waals surface area contributed by atoms with Crippen molar-refractivity contribution in [1.82, 2.24) is 9.78 Å². The van der Waals surface area contributed by atoms with Crippen LogP contribution in [0.3, 0.4) is 0 Å². The molecule has 0 aliphatic carbocycles. The molecule has 2 aromatic carbocycles. The molecule has 26 heavy (non-hydrogen) atoms. The Bertz CT molecular complexity index is 1030. The molecule has 1 saturated heterocycles. The lowest BCUT2D eigenvalue weighted by molar-refractivity contribution is -0.0365. The third-order valence-electron chi connectivity index (χ3n) is 4.68. The number of carbonyl (C=O) groups excluding carboxylic acids is 1. The highest BCUT2D eigenvalue weighted by Crippen LogP contribution is 2.33. The zero-order valence-electron chi connectivity index (χ0n) is 14.2. The number of rotatable bonds is 3. The van der Waals surface area contributed by atoms with Crippen molar-refractivity contribution < 1.29 is 9.53 Å². The number of nitriles is 1. The van der Waals surface area contributed by atoms with Gasteiger partial charge in [0.05, 0.1) is 17.1 Å². The average molecular weight is 346 g/mol. The SMILES string of the molecule is N#Cc1ccc2c(c1)c(-c1cccc(C(N)=O)c1)nn2C1CCCCO1. The van der Waals surface area contributed by atoms with Crippen LogP contribution in [0.15, 0.2) is 42.5 Å². The highest BCUT2D eigenvalue weighted by molar-refractivity contribution is 5.97. The molecule has 2 heterocycles. The van der Waals surface area contributed by atoms with Crippen molar-refractivity contribution in [2.75, 3.05) is 6.61 Å². The van der Waals surface area contributed by atoms with Crippen LogP contribution in [0.4, 0.5) is 0 Å². The molecule has 130 valence electrons. The number of carbonyl (C=O) groups is 1. The normalized spacial score (nSPS) is 17.1. The minimum atomic E-state index is -0.482. The van der Waals surface area contributed by atoms with Gasteiger partial charge in [-0.15, -0.1) is 0 Å². The third kappa shape index (κ3) is 2.83. The van der Waals surface area contributed by atoms with Crippen LogP contribution in [-0.4, -0.2) is 22.3 Å². The molecule has 4 rings (SSSR count). The third-order valence-corrected chi connectivity index (χ3v) is 4.68. The molecule has 1 unspecified atom stereocenters. The molecule has 0 saturated carbocycles. The second-order valence-electron chi connectivity index (χ2n) is 6.40.